The summed E-state index contributed by atoms with van der Waals surface area (Å²) in [4.78, 5) is 11.4. The van der Waals surface area contributed by atoms with Crippen molar-refractivity contribution >= 4 is 17.5 Å². The van der Waals surface area contributed by atoms with Crippen molar-refractivity contribution in [3.8, 4) is 0 Å². The van der Waals surface area contributed by atoms with E-state index in [1.54, 1.807) is 0 Å². The monoisotopic (exact) mass is 172 g/mol. The number of carbonyl (C=O) groups is 1. The number of carbonyl (C=O) groups excluding carboxylic acids is 1. The topological polar surface area (TPSA) is 17.1 Å². The Morgan fingerprint density at radius 3 is 2.73 bits per heavy atom. The van der Waals surface area contributed by atoms with E-state index in [9.17, 15) is 4.79 Å². The van der Waals surface area contributed by atoms with Crippen molar-refractivity contribution in [1.29, 1.82) is 0 Å². The predicted octanol–water partition coefficient (Wildman–Crippen LogP) is 2.50. The lowest BCUT2D eigenvalue weighted by Crippen LogP contribution is -2.31. The first-order valence-corrected chi connectivity index (χ1v) is 5.27. The lowest BCUT2D eigenvalue weighted by molar-refractivity contribution is -0.122. The number of rotatable bonds is 1. The third kappa shape index (κ3) is 1.98. The SMILES string of the molecule is CCC1SC(C)CC(=O)C1C. The number of hydrogen-bond acceptors (Lipinski definition) is 2. The molecule has 2 heteroatoms. The van der Waals surface area contributed by atoms with Gasteiger partial charge in [-0.05, 0) is 6.42 Å². The third-order valence-electron chi connectivity index (χ3n) is 2.36. The summed E-state index contributed by atoms with van der Waals surface area (Å²) >= 11 is 1.98. The summed E-state index contributed by atoms with van der Waals surface area (Å²) in [7, 11) is 0. The second kappa shape index (κ2) is 3.61. The Labute approximate surface area is 72.9 Å². The van der Waals surface area contributed by atoms with Gasteiger partial charge in [-0.25, -0.2) is 0 Å². The van der Waals surface area contributed by atoms with Gasteiger partial charge in [-0.1, -0.05) is 20.8 Å². The summed E-state index contributed by atoms with van der Waals surface area (Å²) in [6.45, 7) is 6.38. The zero-order chi connectivity index (χ0) is 8.43. The molecule has 1 fully saturated rings. The van der Waals surface area contributed by atoms with Crippen molar-refractivity contribution in [3.05, 3.63) is 0 Å². The van der Waals surface area contributed by atoms with Crippen molar-refractivity contribution in [2.75, 3.05) is 0 Å². The van der Waals surface area contributed by atoms with Crippen molar-refractivity contribution in [2.45, 2.75) is 44.1 Å². The van der Waals surface area contributed by atoms with E-state index in [0.29, 0.717) is 22.2 Å². The molecule has 0 N–H and O–H groups in total. The zero-order valence-electron chi connectivity index (χ0n) is 7.46. The first-order valence-electron chi connectivity index (χ1n) is 4.33. The van der Waals surface area contributed by atoms with E-state index >= 15 is 0 Å². The summed E-state index contributed by atoms with van der Waals surface area (Å²) in [6, 6.07) is 0. The molecule has 3 atom stereocenters. The molecular weight excluding hydrogens is 156 g/mol. The van der Waals surface area contributed by atoms with E-state index in [1.807, 2.05) is 11.8 Å². The van der Waals surface area contributed by atoms with Gasteiger partial charge in [-0.2, -0.15) is 11.8 Å². The molecule has 1 aliphatic rings. The van der Waals surface area contributed by atoms with Crippen LogP contribution in [0.5, 0.6) is 0 Å². The second-order valence-electron chi connectivity index (χ2n) is 3.35. The second-order valence-corrected chi connectivity index (χ2v) is 5.03. The van der Waals surface area contributed by atoms with Gasteiger partial charge in [0.25, 0.3) is 0 Å². The van der Waals surface area contributed by atoms with Crippen LogP contribution in [0, 0.1) is 5.92 Å². The quantitative estimate of drug-likeness (QED) is 0.604. The molecule has 1 rings (SSSR count). The largest absolute Gasteiger partial charge is 0.299 e. The summed E-state index contributed by atoms with van der Waals surface area (Å²) in [5, 5.41) is 1.12. The van der Waals surface area contributed by atoms with Crippen LogP contribution in [0.1, 0.15) is 33.6 Å². The van der Waals surface area contributed by atoms with Gasteiger partial charge in [-0.3, -0.25) is 4.79 Å². The van der Waals surface area contributed by atoms with Gasteiger partial charge in [0.05, 0.1) is 0 Å². The van der Waals surface area contributed by atoms with Gasteiger partial charge in [0, 0.05) is 22.8 Å². The molecule has 1 saturated heterocycles. The third-order valence-corrected chi connectivity index (χ3v) is 4.09. The van der Waals surface area contributed by atoms with E-state index in [1.165, 1.54) is 0 Å². The zero-order valence-corrected chi connectivity index (χ0v) is 8.28. The molecule has 0 aromatic carbocycles. The molecular formula is C9H16OS. The Morgan fingerprint density at radius 2 is 2.18 bits per heavy atom. The first kappa shape index (κ1) is 9.11. The highest BCUT2D eigenvalue weighted by atomic mass is 32.2. The maximum atomic E-state index is 11.4. The maximum Gasteiger partial charge on any atom is 0.137 e. The molecule has 3 unspecified atom stereocenters. The smallest absolute Gasteiger partial charge is 0.137 e. The van der Waals surface area contributed by atoms with Crippen LogP contribution >= 0.6 is 11.8 Å². The van der Waals surface area contributed by atoms with Crippen molar-refractivity contribution in [3.63, 3.8) is 0 Å². The van der Waals surface area contributed by atoms with Gasteiger partial charge in [0.2, 0.25) is 0 Å². The Bertz CT molecular complexity index is 156. The molecule has 0 aliphatic carbocycles. The van der Waals surface area contributed by atoms with Gasteiger partial charge in [0.1, 0.15) is 5.78 Å². The fraction of sp³-hybridized carbons (Fsp3) is 0.889. The molecule has 1 heterocycles. The Balaban J connectivity index is 2.58. The van der Waals surface area contributed by atoms with Gasteiger partial charge < -0.3 is 0 Å². The van der Waals surface area contributed by atoms with Crippen molar-refractivity contribution in [2.24, 2.45) is 5.92 Å². The summed E-state index contributed by atoms with van der Waals surface area (Å²) in [6.07, 6.45) is 1.91. The number of Topliss-reactive ketones (excluding diaryl/α,β-unsaturated/α-hetero) is 1. The van der Waals surface area contributed by atoms with E-state index in [0.717, 1.165) is 12.8 Å². The molecule has 1 nitrogen and oxygen atoms in total. The van der Waals surface area contributed by atoms with Crippen molar-refractivity contribution < 1.29 is 4.79 Å². The average Bonchev–Trinajstić information content (AvgIpc) is 1.96. The molecule has 64 valence electrons. The molecule has 0 spiro atoms. The van der Waals surface area contributed by atoms with E-state index < -0.39 is 0 Å². The summed E-state index contributed by atoms with van der Waals surface area (Å²) < 4.78 is 0. The Morgan fingerprint density at radius 1 is 1.55 bits per heavy atom. The number of ketones is 1. The van der Waals surface area contributed by atoms with Gasteiger partial charge in [0.15, 0.2) is 0 Å². The Hall–Kier alpha value is 0.0200. The van der Waals surface area contributed by atoms with Gasteiger partial charge in [-0.15, -0.1) is 0 Å². The molecule has 1 aliphatic heterocycles. The molecule has 0 radical (unpaired) electrons. The highest BCUT2D eigenvalue weighted by Crippen LogP contribution is 2.34. The van der Waals surface area contributed by atoms with Crippen LogP contribution in [0.2, 0.25) is 0 Å². The minimum atomic E-state index is 0.293. The van der Waals surface area contributed by atoms with Crippen LogP contribution in [-0.2, 0) is 4.79 Å². The number of thioether (sulfide) groups is 1. The fourth-order valence-corrected chi connectivity index (χ4v) is 3.03. The maximum absolute atomic E-state index is 11.4. The minimum absolute atomic E-state index is 0.293. The van der Waals surface area contributed by atoms with Crippen LogP contribution < -0.4 is 0 Å². The summed E-state index contributed by atoms with van der Waals surface area (Å²) in [5.74, 6) is 0.754. The molecule has 0 aromatic heterocycles. The minimum Gasteiger partial charge on any atom is -0.299 e. The predicted molar refractivity (Wildman–Crippen MR) is 49.9 cm³/mol. The average molecular weight is 172 g/mol. The molecule has 0 amide bonds. The van der Waals surface area contributed by atoms with Crippen LogP contribution in [0.3, 0.4) is 0 Å². The first-order chi connectivity index (χ1) is 5.15. The van der Waals surface area contributed by atoms with Crippen molar-refractivity contribution in [1.82, 2.24) is 0 Å². The standard InChI is InChI=1S/C9H16OS/c1-4-9-7(3)8(10)5-6(2)11-9/h6-7,9H,4-5H2,1-3H3. The molecule has 0 aromatic rings. The van der Waals surface area contributed by atoms with Crippen LogP contribution in [0.4, 0.5) is 0 Å². The van der Waals surface area contributed by atoms with Crippen LogP contribution in [-0.4, -0.2) is 16.3 Å². The lowest BCUT2D eigenvalue weighted by atomic mass is 9.96. The van der Waals surface area contributed by atoms with E-state index in [2.05, 4.69) is 20.8 Å². The lowest BCUT2D eigenvalue weighted by Gasteiger charge is -2.30. The highest BCUT2D eigenvalue weighted by molar-refractivity contribution is 8.00. The highest BCUT2D eigenvalue weighted by Gasteiger charge is 2.30. The Kier molecular flexibility index (Phi) is 2.99. The normalized spacial score (nSPS) is 39.2. The molecule has 11 heavy (non-hydrogen) atoms. The molecule has 0 bridgehead atoms. The van der Waals surface area contributed by atoms with Crippen LogP contribution in [0.25, 0.3) is 0 Å². The van der Waals surface area contributed by atoms with Crippen LogP contribution in [0.15, 0.2) is 0 Å². The summed E-state index contributed by atoms with van der Waals surface area (Å²) in [5.41, 5.74) is 0. The fourth-order valence-electron chi connectivity index (χ4n) is 1.59. The van der Waals surface area contributed by atoms with E-state index in [4.69, 9.17) is 0 Å². The van der Waals surface area contributed by atoms with E-state index in [-0.39, 0.29) is 0 Å². The van der Waals surface area contributed by atoms with Gasteiger partial charge >= 0.3 is 0 Å². The number of hydrogen-bond donors (Lipinski definition) is 0. The molecule has 0 saturated carbocycles.